The molecule has 0 aliphatic heterocycles. The number of hydrogen-bond donors (Lipinski definition) is 3. The fourth-order valence-corrected chi connectivity index (χ4v) is 1.98. The van der Waals surface area contributed by atoms with Crippen molar-refractivity contribution in [2.75, 3.05) is 0 Å². The van der Waals surface area contributed by atoms with E-state index in [4.69, 9.17) is 0 Å². The van der Waals surface area contributed by atoms with Crippen molar-refractivity contribution in [2.45, 2.75) is 44.9 Å². The summed E-state index contributed by atoms with van der Waals surface area (Å²) in [6, 6.07) is 2.28. The molecule has 1 aromatic rings. The number of aromatic nitrogens is 2. The predicted octanol–water partition coefficient (Wildman–Crippen LogP) is 0.721. The van der Waals surface area contributed by atoms with Gasteiger partial charge in [-0.25, -0.2) is 0 Å². The van der Waals surface area contributed by atoms with Crippen molar-refractivity contribution in [1.82, 2.24) is 15.5 Å². The molecule has 0 aromatic carbocycles. The number of hydrogen-bond acceptors (Lipinski definition) is 3. The van der Waals surface area contributed by atoms with E-state index in [1.165, 1.54) is 0 Å². The quantitative estimate of drug-likeness (QED) is 0.666. The Labute approximate surface area is 83.7 Å². The van der Waals surface area contributed by atoms with Gasteiger partial charge in [-0.2, -0.15) is 5.10 Å². The Morgan fingerprint density at radius 2 is 2.50 bits per heavy atom. The SMILES string of the molecule is Cc1cc(CNC2CCCC2O)n[nH]1. The summed E-state index contributed by atoms with van der Waals surface area (Å²) in [4.78, 5) is 0. The highest BCUT2D eigenvalue weighted by Gasteiger charge is 2.24. The van der Waals surface area contributed by atoms with Gasteiger partial charge < -0.3 is 10.4 Å². The number of nitrogens with one attached hydrogen (secondary N) is 2. The maximum absolute atomic E-state index is 9.58. The van der Waals surface area contributed by atoms with Crippen molar-refractivity contribution in [3.8, 4) is 0 Å². The van der Waals surface area contributed by atoms with Crippen molar-refractivity contribution in [3.63, 3.8) is 0 Å². The van der Waals surface area contributed by atoms with Crippen molar-refractivity contribution in [1.29, 1.82) is 0 Å². The van der Waals surface area contributed by atoms with E-state index in [0.717, 1.165) is 37.2 Å². The molecule has 1 aliphatic rings. The number of aliphatic hydroxyl groups excluding tert-OH is 1. The molecule has 2 unspecified atom stereocenters. The van der Waals surface area contributed by atoms with Gasteiger partial charge in [0.15, 0.2) is 0 Å². The van der Waals surface area contributed by atoms with Crippen LogP contribution in [-0.2, 0) is 6.54 Å². The molecule has 3 N–H and O–H groups in total. The third kappa shape index (κ3) is 2.13. The standard InChI is InChI=1S/C10H17N3O/c1-7-5-8(13-12-7)6-11-9-3-2-4-10(9)14/h5,9-11,14H,2-4,6H2,1H3,(H,12,13). The molecule has 2 rings (SSSR count). The summed E-state index contributed by atoms with van der Waals surface area (Å²) >= 11 is 0. The molecule has 78 valence electrons. The molecule has 1 saturated carbocycles. The zero-order valence-corrected chi connectivity index (χ0v) is 8.45. The lowest BCUT2D eigenvalue weighted by Crippen LogP contribution is -2.35. The lowest BCUT2D eigenvalue weighted by atomic mass is 10.2. The smallest absolute Gasteiger partial charge is 0.0762 e. The highest BCUT2D eigenvalue weighted by molar-refractivity contribution is 5.06. The van der Waals surface area contributed by atoms with E-state index in [2.05, 4.69) is 15.5 Å². The van der Waals surface area contributed by atoms with E-state index < -0.39 is 0 Å². The molecule has 1 aliphatic carbocycles. The van der Waals surface area contributed by atoms with E-state index in [1.54, 1.807) is 0 Å². The Bertz CT molecular complexity index is 297. The van der Waals surface area contributed by atoms with Crippen molar-refractivity contribution in [3.05, 3.63) is 17.5 Å². The second-order valence-corrected chi connectivity index (χ2v) is 4.03. The Kier molecular flexibility index (Phi) is 2.84. The number of aliphatic hydroxyl groups is 1. The number of H-pyrrole nitrogens is 1. The molecule has 0 amide bonds. The molecule has 4 heteroatoms. The Morgan fingerprint density at radius 1 is 1.64 bits per heavy atom. The van der Waals surface area contributed by atoms with E-state index >= 15 is 0 Å². The minimum Gasteiger partial charge on any atom is -0.392 e. The van der Waals surface area contributed by atoms with Gasteiger partial charge in [-0.3, -0.25) is 5.10 Å². The van der Waals surface area contributed by atoms with Crippen LogP contribution in [0.1, 0.15) is 30.7 Å². The summed E-state index contributed by atoms with van der Waals surface area (Å²) in [5.41, 5.74) is 2.09. The zero-order chi connectivity index (χ0) is 9.97. The fourth-order valence-electron chi connectivity index (χ4n) is 1.98. The first-order chi connectivity index (χ1) is 6.75. The van der Waals surface area contributed by atoms with Gasteiger partial charge in [0, 0.05) is 18.3 Å². The molecule has 0 saturated heterocycles. The predicted molar refractivity (Wildman–Crippen MR) is 53.8 cm³/mol. The molecular weight excluding hydrogens is 178 g/mol. The number of rotatable bonds is 3. The summed E-state index contributed by atoms with van der Waals surface area (Å²) in [5.74, 6) is 0. The fraction of sp³-hybridized carbons (Fsp3) is 0.700. The first-order valence-corrected chi connectivity index (χ1v) is 5.18. The molecule has 0 spiro atoms. The van der Waals surface area contributed by atoms with Gasteiger partial charge in [-0.05, 0) is 32.3 Å². The van der Waals surface area contributed by atoms with Crippen molar-refractivity contribution >= 4 is 0 Å². The van der Waals surface area contributed by atoms with Crippen LogP contribution in [0.25, 0.3) is 0 Å². The Morgan fingerprint density at radius 3 is 3.07 bits per heavy atom. The number of nitrogens with zero attached hydrogens (tertiary/aromatic N) is 1. The Hall–Kier alpha value is -0.870. The first kappa shape index (κ1) is 9.68. The maximum Gasteiger partial charge on any atom is 0.0762 e. The van der Waals surface area contributed by atoms with Gasteiger partial charge in [0.25, 0.3) is 0 Å². The minimum atomic E-state index is -0.171. The van der Waals surface area contributed by atoms with Crippen LogP contribution < -0.4 is 5.32 Å². The van der Waals surface area contributed by atoms with Crippen molar-refractivity contribution in [2.24, 2.45) is 0 Å². The van der Waals surface area contributed by atoms with Gasteiger partial charge in [0.1, 0.15) is 0 Å². The summed E-state index contributed by atoms with van der Waals surface area (Å²) in [6.45, 7) is 2.73. The average Bonchev–Trinajstić information content (AvgIpc) is 2.72. The van der Waals surface area contributed by atoms with Gasteiger partial charge in [0.05, 0.1) is 11.8 Å². The third-order valence-corrected chi connectivity index (χ3v) is 2.78. The molecule has 1 aromatic heterocycles. The highest BCUT2D eigenvalue weighted by Crippen LogP contribution is 2.18. The summed E-state index contributed by atoms with van der Waals surface area (Å²) in [5, 5.41) is 19.9. The molecule has 0 bridgehead atoms. The highest BCUT2D eigenvalue weighted by atomic mass is 16.3. The lowest BCUT2D eigenvalue weighted by Gasteiger charge is -2.15. The van der Waals surface area contributed by atoms with Crippen LogP contribution in [0.4, 0.5) is 0 Å². The van der Waals surface area contributed by atoms with Crippen LogP contribution in [0.3, 0.4) is 0 Å². The average molecular weight is 195 g/mol. The second kappa shape index (κ2) is 4.11. The molecule has 4 nitrogen and oxygen atoms in total. The summed E-state index contributed by atoms with van der Waals surface area (Å²) in [6.07, 6.45) is 2.95. The molecule has 1 heterocycles. The first-order valence-electron chi connectivity index (χ1n) is 5.18. The van der Waals surface area contributed by atoms with E-state index in [9.17, 15) is 5.11 Å². The number of aromatic amines is 1. The van der Waals surface area contributed by atoms with Gasteiger partial charge in [-0.1, -0.05) is 0 Å². The van der Waals surface area contributed by atoms with E-state index in [1.807, 2.05) is 13.0 Å². The van der Waals surface area contributed by atoms with Crippen LogP contribution in [0.5, 0.6) is 0 Å². The topological polar surface area (TPSA) is 60.9 Å². The van der Waals surface area contributed by atoms with Gasteiger partial charge in [-0.15, -0.1) is 0 Å². The molecule has 14 heavy (non-hydrogen) atoms. The molecule has 1 fully saturated rings. The van der Waals surface area contributed by atoms with Crippen molar-refractivity contribution < 1.29 is 5.11 Å². The van der Waals surface area contributed by atoms with Gasteiger partial charge >= 0.3 is 0 Å². The third-order valence-electron chi connectivity index (χ3n) is 2.78. The Balaban J connectivity index is 1.82. The van der Waals surface area contributed by atoms with E-state index in [0.29, 0.717) is 0 Å². The minimum absolute atomic E-state index is 0.171. The monoisotopic (exact) mass is 195 g/mol. The lowest BCUT2D eigenvalue weighted by molar-refractivity contribution is 0.148. The van der Waals surface area contributed by atoms with Crippen LogP contribution in [0.2, 0.25) is 0 Å². The second-order valence-electron chi connectivity index (χ2n) is 4.03. The molecule has 0 radical (unpaired) electrons. The van der Waals surface area contributed by atoms with Crippen LogP contribution in [-0.4, -0.2) is 27.4 Å². The summed E-state index contributed by atoms with van der Waals surface area (Å²) < 4.78 is 0. The van der Waals surface area contributed by atoms with Crippen LogP contribution >= 0.6 is 0 Å². The molecular formula is C10H17N3O. The summed E-state index contributed by atoms with van der Waals surface area (Å²) in [7, 11) is 0. The van der Waals surface area contributed by atoms with Crippen LogP contribution in [0, 0.1) is 6.92 Å². The molecule has 2 atom stereocenters. The normalized spacial score (nSPS) is 27.0. The van der Waals surface area contributed by atoms with Gasteiger partial charge in [0.2, 0.25) is 0 Å². The number of aryl methyl sites for hydroxylation is 1. The van der Waals surface area contributed by atoms with Crippen LogP contribution in [0.15, 0.2) is 6.07 Å². The largest absolute Gasteiger partial charge is 0.392 e. The zero-order valence-electron chi connectivity index (χ0n) is 8.45. The van der Waals surface area contributed by atoms with E-state index in [-0.39, 0.29) is 12.1 Å². The maximum atomic E-state index is 9.58.